The van der Waals surface area contributed by atoms with Crippen molar-refractivity contribution in [2.75, 3.05) is 13.1 Å². The molecule has 3 aromatic rings. The lowest BCUT2D eigenvalue weighted by Gasteiger charge is -2.20. The van der Waals surface area contributed by atoms with Crippen LogP contribution in [0, 0.1) is 0 Å². The van der Waals surface area contributed by atoms with Gasteiger partial charge in [-0.25, -0.2) is 18.2 Å². The van der Waals surface area contributed by atoms with Crippen LogP contribution in [-0.2, 0) is 10.0 Å². The highest BCUT2D eigenvalue weighted by molar-refractivity contribution is 7.89. The van der Waals surface area contributed by atoms with E-state index in [9.17, 15) is 18.3 Å². The van der Waals surface area contributed by atoms with Crippen LogP contribution in [0.5, 0.6) is 0 Å². The van der Waals surface area contributed by atoms with Crippen LogP contribution < -0.4 is 0 Å². The number of fused-ring (bicyclic) bond motifs is 1. The zero-order valence-electron chi connectivity index (χ0n) is 15.9. The van der Waals surface area contributed by atoms with Gasteiger partial charge in [-0.3, -0.25) is 0 Å². The molecule has 1 aliphatic rings. The highest BCUT2D eigenvalue weighted by atomic mass is 32.2. The van der Waals surface area contributed by atoms with Crippen LogP contribution in [-0.4, -0.2) is 41.9 Å². The molecule has 1 saturated heterocycles. The lowest BCUT2D eigenvalue weighted by Crippen LogP contribution is -2.31. The molecule has 150 valence electrons. The van der Waals surface area contributed by atoms with Gasteiger partial charge in [0.25, 0.3) is 0 Å². The molecule has 0 saturated carbocycles. The number of sulfonamides is 1. The van der Waals surface area contributed by atoms with Gasteiger partial charge in [0.15, 0.2) is 0 Å². The maximum atomic E-state index is 13.1. The van der Waals surface area contributed by atoms with Crippen LogP contribution in [0.25, 0.3) is 22.2 Å². The largest absolute Gasteiger partial charge is 0.478 e. The van der Waals surface area contributed by atoms with Crippen molar-refractivity contribution in [1.82, 2.24) is 9.29 Å². The summed E-state index contributed by atoms with van der Waals surface area (Å²) >= 11 is 0. The van der Waals surface area contributed by atoms with Gasteiger partial charge in [-0.05, 0) is 37.1 Å². The van der Waals surface area contributed by atoms with E-state index in [1.165, 1.54) is 22.5 Å². The lowest BCUT2D eigenvalue weighted by molar-refractivity contribution is 0.0699. The molecular weight excluding hydrogens is 388 g/mol. The minimum Gasteiger partial charge on any atom is -0.478 e. The van der Waals surface area contributed by atoms with Gasteiger partial charge in [-0.1, -0.05) is 43.2 Å². The third-order valence-corrected chi connectivity index (χ3v) is 7.18. The van der Waals surface area contributed by atoms with Gasteiger partial charge in [0.2, 0.25) is 10.0 Å². The Labute approximate surface area is 169 Å². The first-order valence-corrected chi connectivity index (χ1v) is 11.1. The number of carbonyl (C=O) groups is 1. The van der Waals surface area contributed by atoms with Crippen molar-refractivity contribution in [1.29, 1.82) is 0 Å². The summed E-state index contributed by atoms with van der Waals surface area (Å²) in [5, 5.41) is 10.1. The topological polar surface area (TPSA) is 87.6 Å². The Morgan fingerprint density at radius 1 is 0.931 bits per heavy atom. The smallest absolute Gasteiger partial charge is 0.336 e. The van der Waals surface area contributed by atoms with Gasteiger partial charge in [0, 0.05) is 24.0 Å². The number of aromatic carboxylic acids is 1. The highest BCUT2D eigenvalue weighted by Gasteiger charge is 2.26. The summed E-state index contributed by atoms with van der Waals surface area (Å²) in [6, 6.07) is 15.4. The highest BCUT2D eigenvalue weighted by Crippen LogP contribution is 2.28. The van der Waals surface area contributed by atoms with Crippen LogP contribution in [0.15, 0.2) is 59.5 Å². The average molecular weight is 410 g/mol. The SMILES string of the molecule is O=C(O)c1cc(-c2ccccc2)nc2ccc(S(=O)(=O)N3CCCCCC3)cc12. The number of hydrogen-bond donors (Lipinski definition) is 1. The fraction of sp³-hybridized carbons (Fsp3) is 0.273. The Hall–Kier alpha value is -2.77. The van der Waals surface area contributed by atoms with Gasteiger partial charge in [-0.2, -0.15) is 4.31 Å². The van der Waals surface area contributed by atoms with E-state index in [1.54, 1.807) is 6.07 Å². The number of benzene rings is 2. The molecule has 0 unspecified atom stereocenters. The summed E-state index contributed by atoms with van der Waals surface area (Å²) in [4.78, 5) is 16.6. The Kier molecular flexibility index (Phi) is 5.34. The second-order valence-electron chi connectivity index (χ2n) is 7.22. The molecule has 29 heavy (non-hydrogen) atoms. The maximum Gasteiger partial charge on any atom is 0.336 e. The Morgan fingerprint density at radius 3 is 2.28 bits per heavy atom. The minimum atomic E-state index is -3.67. The molecule has 4 rings (SSSR count). The van der Waals surface area contributed by atoms with Crippen molar-refractivity contribution in [2.45, 2.75) is 30.6 Å². The van der Waals surface area contributed by atoms with Crippen LogP contribution in [0.2, 0.25) is 0 Å². The van der Waals surface area contributed by atoms with E-state index >= 15 is 0 Å². The van der Waals surface area contributed by atoms with Crippen LogP contribution in [0.3, 0.4) is 0 Å². The second kappa shape index (κ2) is 7.93. The van der Waals surface area contributed by atoms with Crippen molar-refractivity contribution in [3.63, 3.8) is 0 Å². The number of nitrogens with zero attached hydrogens (tertiary/aromatic N) is 2. The van der Waals surface area contributed by atoms with Crippen LogP contribution in [0.1, 0.15) is 36.0 Å². The molecular formula is C22H22N2O4S. The summed E-state index contributed by atoms with van der Waals surface area (Å²) in [6.45, 7) is 0.995. The van der Waals surface area contributed by atoms with E-state index in [0.29, 0.717) is 29.7 Å². The summed E-state index contributed by atoms with van der Waals surface area (Å²) in [5.74, 6) is -1.11. The summed E-state index contributed by atoms with van der Waals surface area (Å²) in [6.07, 6.45) is 3.74. The summed E-state index contributed by atoms with van der Waals surface area (Å²) in [5.41, 5.74) is 1.84. The van der Waals surface area contributed by atoms with Crippen molar-refractivity contribution in [2.24, 2.45) is 0 Å². The van der Waals surface area contributed by atoms with Gasteiger partial charge < -0.3 is 5.11 Å². The predicted molar refractivity (Wildman–Crippen MR) is 111 cm³/mol. The molecule has 0 aliphatic carbocycles. The molecule has 1 aromatic heterocycles. The number of pyridine rings is 1. The molecule has 0 radical (unpaired) electrons. The quantitative estimate of drug-likeness (QED) is 0.698. The molecule has 0 amide bonds. The van der Waals surface area contributed by atoms with Crippen molar-refractivity contribution < 1.29 is 18.3 Å². The summed E-state index contributed by atoms with van der Waals surface area (Å²) in [7, 11) is -3.67. The molecule has 1 fully saturated rings. The Balaban J connectivity index is 1.83. The second-order valence-corrected chi connectivity index (χ2v) is 9.16. The maximum absolute atomic E-state index is 13.1. The van der Waals surface area contributed by atoms with E-state index < -0.39 is 16.0 Å². The van der Waals surface area contributed by atoms with E-state index in [-0.39, 0.29) is 10.5 Å². The molecule has 0 spiro atoms. The van der Waals surface area contributed by atoms with Gasteiger partial charge in [-0.15, -0.1) is 0 Å². The van der Waals surface area contributed by atoms with E-state index in [1.807, 2.05) is 30.3 Å². The minimum absolute atomic E-state index is 0.0433. The molecule has 1 N–H and O–H groups in total. The van der Waals surface area contributed by atoms with Crippen molar-refractivity contribution >= 4 is 26.9 Å². The lowest BCUT2D eigenvalue weighted by atomic mass is 10.0. The number of carboxylic acids is 1. The van der Waals surface area contributed by atoms with Crippen molar-refractivity contribution in [3.05, 3.63) is 60.2 Å². The molecule has 1 aliphatic heterocycles. The first-order chi connectivity index (χ1) is 14.0. The molecule has 2 aromatic carbocycles. The fourth-order valence-electron chi connectivity index (χ4n) is 3.73. The normalized spacial score (nSPS) is 15.9. The van der Waals surface area contributed by atoms with Crippen LogP contribution >= 0.6 is 0 Å². The Bertz CT molecular complexity index is 1150. The number of carboxylic acid groups (broad SMARTS) is 1. The van der Waals surface area contributed by atoms with Gasteiger partial charge in [0.05, 0.1) is 21.7 Å². The predicted octanol–water partition coefficient (Wildman–Crippen LogP) is 4.16. The fourth-order valence-corrected chi connectivity index (χ4v) is 5.27. The number of aromatic nitrogens is 1. The third kappa shape index (κ3) is 3.88. The van der Waals surface area contributed by atoms with E-state index in [4.69, 9.17) is 0 Å². The number of hydrogen-bond acceptors (Lipinski definition) is 4. The van der Waals surface area contributed by atoms with Gasteiger partial charge in [0.1, 0.15) is 0 Å². The zero-order valence-corrected chi connectivity index (χ0v) is 16.7. The molecule has 7 heteroatoms. The average Bonchev–Trinajstić information content (AvgIpc) is 3.03. The number of rotatable bonds is 4. The van der Waals surface area contributed by atoms with E-state index in [2.05, 4.69) is 4.98 Å². The first-order valence-electron chi connectivity index (χ1n) is 9.70. The Morgan fingerprint density at radius 2 is 1.62 bits per heavy atom. The van der Waals surface area contributed by atoms with Crippen molar-refractivity contribution in [3.8, 4) is 11.3 Å². The monoisotopic (exact) mass is 410 g/mol. The van der Waals surface area contributed by atoms with E-state index in [0.717, 1.165) is 31.2 Å². The molecule has 0 bridgehead atoms. The first kappa shape index (κ1) is 19.5. The zero-order chi connectivity index (χ0) is 20.4. The third-order valence-electron chi connectivity index (χ3n) is 5.28. The van der Waals surface area contributed by atoms with Crippen LogP contribution in [0.4, 0.5) is 0 Å². The molecule has 2 heterocycles. The standard InChI is InChI=1S/C22H22N2O4S/c25-22(26)19-15-21(16-8-4-3-5-9-16)23-20-11-10-17(14-18(19)20)29(27,28)24-12-6-1-2-7-13-24/h3-5,8-11,14-15H,1-2,6-7,12-13H2,(H,25,26). The summed E-state index contributed by atoms with van der Waals surface area (Å²) < 4.78 is 27.7. The molecule has 0 atom stereocenters. The molecule has 6 nitrogen and oxygen atoms in total. The van der Waals surface area contributed by atoms with Gasteiger partial charge >= 0.3 is 5.97 Å².